The highest BCUT2D eigenvalue weighted by Gasteiger charge is 2.15. The molecular weight excluding hydrogens is 438 g/mol. The van der Waals surface area contributed by atoms with E-state index < -0.39 is 5.97 Å². The van der Waals surface area contributed by atoms with Gasteiger partial charge in [-0.1, -0.05) is 60.7 Å². The van der Waals surface area contributed by atoms with Gasteiger partial charge in [-0.25, -0.2) is 14.8 Å². The Kier molecular flexibility index (Phi) is 6.01. The number of hydrogen-bond donors (Lipinski definition) is 1. The van der Waals surface area contributed by atoms with Crippen molar-refractivity contribution in [3.05, 3.63) is 114 Å². The van der Waals surface area contributed by atoms with Crippen molar-refractivity contribution in [2.75, 3.05) is 12.4 Å². The lowest BCUT2D eigenvalue weighted by Gasteiger charge is -2.12. The lowest BCUT2D eigenvalue weighted by atomic mass is 10.0. The number of rotatable bonds is 5. The number of methoxy groups -OCH3 is 1. The Bertz CT molecular complexity index is 1520. The fraction of sp³-hybridized carbons (Fsp3) is 0.0345. The number of amides is 1. The van der Waals surface area contributed by atoms with Crippen LogP contribution in [0.5, 0.6) is 0 Å². The van der Waals surface area contributed by atoms with Crippen molar-refractivity contribution < 1.29 is 14.3 Å². The molecule has 0 aliphatic carbocycles. The Morgan fingerprint density at radius 2 is 1.20 bits per heavy atom. The number of nitrogens with zero attached hydrogens (tertiary/aromatic N) is 2. The van der Waals surface area contributed by atoms with Crippen molar-refractivity contribution in [1.29, 1.82) is 0 Å². The molecule has 0 aliphatic rings. The van der Waals surface area contributed by atoms with Crippen LogP contribution < -0.4 is 5.32 Å². The van der Waals surface area contributed by atoms with E-state index in [0.29, 0.717) is 27.8 Å². The van der Waals surface area contributed by atoms with E-state index in [9.17, 15) is 9.59 Å². The fourth-order valence-corrected chi connectivity index (χ4v) is 3.80. The molecule has 1 amide bonds. The maximum absolute atomic E-state index is 12.9. The van der Waals surface area contributed by atoms with Gasteiger partial charge < -0.3 is 10.1 Å². The van der Waals surface area contributed by atoms with Crippen molar-refractivity contribution in [1.82, 2.24) is 9.97 Å². The summed E-state index contributed by atoms with van der Waals surface area (Å²) in [5.74, 6) is -0.715. The molecule has 6 heteroatoms. The SMILES string of the molecule is COC(=O)c1ccc(NC(=O)c2ccc3nc(-c4ccccc4)c(-c4ccccc4)nc3c2)cc1. The highest BCUT2D eigenvalue weighted by molar-refractivity contribution is 6.06. The van der Waals surface area contributed by atoms with E-state index in [0.717, 1.165) is 22.5 Å². The van der Waals surface area contributed by atoms with Crippen LogP contribution >= 0.6 is 0 Å². The summed E-state index contributed by atoms with van der Waals surface area (Å²) in [6.45, 7) is 0. The number of nitrogens with one attached hydrogen (secondary N) is 1. The summed E-state index contributed by atoms with van der Waals surface area (Å²) in [6, 6.07) is 31.6. The number of esters is 1. The molecule has 0 unspecified atom stereocenters. The number of hydrogen-bond acceptors (Lipinski definition) is 5. The predicted octanol–water partition coefficient (Wildman–Crippen LogP) is 6.00. The van der Waals surface area contributed by atoms with Crippen molar-refractivity contribution in [2.24, 2.45) is 0 Å². The van der Waals surface area contributed by atoms with Crippen LogP contribution in [0.2, 0.25) is 0 Å². The van der Waals surface area contributed by atoms with Crippen molar-refractivity contribution in [3.8, 4) is 22.5 Å². The minimum absolute atomic E-state index is 0.284. The van der Waals surface area contributed by atoms with Crippen molar-refractivity contribution in [2.45, 2.75) is 0 Å². The van der Waals surface area contributed by atoms with Gasteiger partial charge in [0.25, 0.3) is 5.91 Å². The molecule has 0 fully saturated rings. The number of carbonyl (C=O) groups is 2. The molecule has 0 saturated carbocycles. The summed E-state index contributed by atoms with van der Waals surface area (Å²) in [5, 5.41) is 2.85. The quantitative estimate of drug-likeness (QED) is 0.326. The lowest BCUT2D eigenvalue weighted by Crippen LogP contribution is -2.12. The van der Waals surface area contributed by atoms with E-state index in [1.54, 1.807) is 42.5 Å². The monoisotopic (exact) mass is 459 g/mol. The smallest absolute Gasteiger partial charge is 0.337 e. The molecular formula is C29H21N3O3. The highest BCUT2D eigenvalue weighted by atomic mass is 16.5. The van der Waals surface area contributed by atoms with Gasteiger partial charge in [0.2, 0.25) is 0 Å². The van der Waals surface area contributed by atoms with Gasteiger partial charge in [0.15, 0.2) is 0 Å². The summed E-state index contributed by atoms with van der Waals surface area (Å²) < 4.78 is 4.71. The summed E-state index contributed by atoms with van der Waals surface area (Å²) in [4.78, 5) is 34.4. The zero-order valence-corrected chi connectivity index (χ0v) is 18.9. The zero-order chi connectivity index (χ0) is 24.2. The number of anilines is 1. The third-order valence-electron chi connectivity index (χ3n) is 5.58. The van der Waals surface area contributed by atoms with Crippen LogP contribution in [0.1, 0.15) is 20.7 Å². The largest absolute Gasteiger partial charge is 0.465 e. The van der Waals surface area contributed by atoms with Gasteiger partial charge in [-0.2, -0.15) is 0 Å². The Labute approximate surface area is 202 Å². The molecule has 0 atom stereocenters. The highest BCUT2D eigenvalue weighted by Crippen LogP contribution is 2.31. The molecule has 4 aromatic carbocycles. The minimum atomic E-state index is -0.430. The average Bonchev–Trinajstić information content (AvgIpc) is 2.93. The van der Waals surface area contributed by atoms with Gasteiger partial charge in [-0.3, -0.25) is 4.79 Å². The van der Waals surface area contributed by atoms with Crippen molar-refractivity contribution >= 4 is 28.6 Å². The van der Waals surface area contributed by atoms with E-state index >= 15 is 0 Å². The van der Waals surface area contributed by atoms with Crippen LogP contribution in [-0.4, -0.2) is 29.0 Å². The normalized spacial score (nSPS) is 10.7. The fourth-order valence-electron chi connectivity index (χ4n) is 3.80. The number of aromatic nitrogens is 2. The molecule has 0 aliphatic heterocycles. The van der Waals surface area contributed by atoms with Crippen LogP contribution in [0.4, 0.5) is 5.69 Å². The number of fused-ring (bicyclic) bond motifs is 1. The van der Waals surface area contributed by atoms with E-state index in [-0.39, 0.29) is 5.91 Å². The van der Waals surface area contributed by atoms with Gasteiger partial charge in [-0.05, 0) is 42.5 Å². The van der Waals surface area contributed by atoms with Crippen LogP contribution in [-0.2, 0) is 4.74 Å². The summed E-state index contributed by atoms with van der Waals surface area (Å²) in [6.07, 6.45) is 0. The standard InChI is InChI=1S/C29H21N3O3/c1-35-29(34)21-12-15-23(16-13-21)30-28(33)22-14-17-24-25(18-22)32-27(20-10-6-3-7-11-20)26(31-24)19-8-4-2-5-9-19/h2-18H,1H3,(H,30,33). The van der Waals surface area contributed by atoms with Crippen molar-refractivity contribution in [3.63, 3.8) is 0 Å². The van der Waals surface area contributed by atoms with Gasteiger partial charge in [-0.15, -0.1) is 0 Å². The van der Waals surface area contributed by atoms with E-state index in [1.807, 2.05) is 60.7 Å². The minimum Gasteiger partial charge on any atom is -0.465 e. The molecule has 5 rings (SSSR count). The van der Waals surface area contributed by atoms with Gasteiger partial charge in [0.1, 0.15) is 0 Å². The molecule has 0 radical (unpaired) electrons. The molecule has 1 heterocycles. The second-order valence-corrected chi connectivity index (χ2v) is 7.88. The van der Waals surface area contributed by atoms with E-state index in [4.69, 9.17) is 14.7 Å². The third kappa shape index (κ3) is 4.63. The topological polar surface area (TPSA) is 81.2 Å². The summed E-state index contributed by atoms with van der Waals surface area (Å²) in [7, 11) is 1.33. The van der Waals surface area contributed by atoms with Gasteiger partial charge in [0, 0.05) is 22.4 Å². The van der Waals surface area contributed by atoms with Gasteiger partial charge in [0.05, 0.1) is 35.1 Å². The van der Waals surface area contributed by atoms with Crippen LogP contribution in [0.15, 0.2) is 103 Å². The number of ether oxygens (including phenoxy) is 1. The maximum Gasteiger partial charge on any atom is 0.337 e. The van der Waals surface area contributed by atoms with Crippen LogP contribution in [0.3, 0.4) is 0 Å². The first kappa shape index (κ1) is 22.0. The molecule has 6 nitrogen and oxygen atoms in total. The first-order valence-corrected chi connectivity index (χ1v) is 11.0. The van der Waals surface area contributed by atoms with E-state index in [1.165, 1.54) is 7.11 Å². The second-order valence-electron chi connectivity index (χ2n) is 7.88. The Balaban J connectivity index is 1.51. The molecule has 0 saturated heterocycles. The number of benzene rings is 4. The Hall–Kier alpha value is -4.84. The molecule has 1 aromatic heterocycles. The Morgan fingerprint density at radius 3 is 1.77 bits per heavy atom. The molecule has 1 N–H and O–H groups in total. The first-order valence-electron chi connectivity index (χ1n) is 11.0. The molecule has 170 valence electrons. The van der Waals surface area contributed by atoms with Crippen LogP contribution in [0, 0.1) is 0 Å². The molecule has 5 aromatic rings. The number of carbonyl (C=O) groups excluding carboxylic acids is 2. The third-order valence-corrected chi connectivity index (χ3v) is 5.58. The zero-order valence-electron chi connectivity index (χ0n) is 18.9. The average molecular weight is 460 g/mol. The lowest BCUT2D eigenvalue weighted by molar-refractivity contribution is 0.0600. The molecule has 0 bridgehead atoms. The predicted molar refractivity (Wildman–Crippen MR) is 136 cm³/mol. The maximum atomic E-state index is 12.9. The summed E-state index contributed by atoms with van der Waals surface area (Å²) >= 11 is 0. The first-order chi connectivity index (χ1) is 17.1. The second kappa shape index (κ2) is 9.57. The molecule has 0 spiro atoms. The van der Waals surface area contributed by atoms with E-state index in [2.05, 4.69) is 5.32 Å². The Morgan fingerprint density at radius 1 is 0.657 bits per heavy atom. The van der Waals surface area contributed by atoms with Gasteiger partial charge >= 0.3 is 5.97 Å². The van der Waals surface area contributed by atoms with Crippen LogP contribution in [0.25, 0.3) is 33.5 Å². The molecule has 35 heavy (non-hydrogen) atoms. The summed E-state index contributed by atoms with van der Waals surface area (Å²) in [5.41, 5.74) is 6.20.